The Bertz CT molecular complexity index is 1200. The highest BCUT2D eigenvalue weighted by Gasteiger charge is 2.32. The van der Waals surface area contributed by atoms with Gasteiger partial charge in [-0.3, -0.25) is 29.9 Å². The zero-order valence-electron chi connectivity index (χ0n) is 17.4. The summed E-state index contributed by atoms with van der Waals surface area (Å²) in [6, 6.07) is 9.36. The molecule has 1 aliphatic rings. The van der Waals surface area contributed by atoms with Crippen molar-refractivity contribution in [3.63, 3.8) is 0 Å². The third kappa shape index (κ3) is 5.44. The van der Waals surface area contributed by atoms with Crippen molar-refractivity contribution >= 4 is 56.8 Å². The fourth-order valence-corrected chi connectivity index (χ4v) is 3.86. The van der Waals surface area contributed by atoms with Gasteiger partial charge in [0.1, 0.15) is 12.2 Å². The zero-order valence-corrected chi connectivity index (χ0v) is 19.8. The fourth-order valence-electron chi connectivity index (χ4n) is 3.03. The van der Waals surface area contributed by atoms with E-state index in [1.165, 1.54) is 36.3 Å². The highest BCUT2D eigenvalue weighted by molar-refractivity contribution is 9.10. The largest absolute Gasteiger partial charge is 0.493 e. The molecule has 1 heterocycles. The first-order valence-corrected chi connectivity index (χ1v) is 10.7. The number of non-ortho nitro benzene ring substituents is 1. The molecular formula is C22H18BrN3O6S. The summed E-state index contributed by atoms with van der Waals surface area (Å²) in [5.41, 5.74) is 0.979. The Morgan fingerprint density at radius 2 is 2.06 bits per heavy atom. The van der Waals surface area contributed by atoms with E-state index >= 15 is 0 Å². The van der Waals surface area contributed by atoms with Crippen LogP contribution in [-0.4, -0.2) is 40.4 Å². The maximum Gasteiger partial charge on any atom is 0.269 e. The number of nitro groups is 1. The van der Waals surface area contributed by atoms with E-state index in [4.69, 9.17) is 21.7 Å². The van der Waals surface area contributed by atoms with Crippen molar-refractivity contribution in [1.82, 2.24) is 10.2 Å². The standard InChI is InChI=1S/C22H18BrN3O6S/c1-3-7-25-21(28)16(20(27)24-22(25)33)9-14-10-17(23)19(18(11-14)31-2)32-12-13-5-4-6-15(8-13)26(29)30/h3-6,8-11H,1,7,12H2,2H3,(H,24,27,33)/b16-9+. The van der Waals surface area contributed by atoms with Crippen molar-refractivity contribution in [2.45, 2.75) is 6.61 Å². The Balaban J connectivity index is 1.88. The second-order valence-corrected chi connectivity index (χ2v) is 8.01. The third-order valence-electron chi connectivity index (χ3n) is 4.56. The van der Waals surface area contributed by atoms with Crippen LogP contribution in [0.4, 0.5) is 5.69 Å². The summed E-state index contributed by atoms with van der Waals surface area (Å²) in [6.45, 7) is 3.81. The third-order valence-corrected chi connectivity index (χ3v) is 5.48. The van der Waals surface area contributed by atoms with Crippen molar-refractivity contribution in [2.75, 3.05) is 13.7 Å². The van der Waals surface area contributed by atoms with Crippen LogP contribution in [0.2, 0.25) is 0 Å². The van der Waals surface area contributed by atoms with E-state index in [9.17, 15) is 19.7 Å². The molecule has 2 amide bonds. The lowest BCUT2D eigenvalue weighted by Gasteiger charge is -2.27. The molecule has 0 atom stereocenters. The highest BCUT2D eigenvalue weighted by atomic mass is 79.9. The summed E-state index contributed by atoms with van der Waals surface area (Å²) in [7, 11) is 1.45. The van der Waals surface area contributed by atoms with Crippen LogP contribution in [0, 0.1) is 10.1 Å². The number of hydrogen-bond acceptors (Lipinski definition) is 7. The molecule has 0 aliphatic carbocycles. The maximum atomic E-state index is 12.7. The van der Waals surface area contributed by atoms with E-state index in [-0.39, 0.29) is 29.5 Å². The molecular weight excluding hydrogens is 514 g/mol. The molecule has 0 saturated carbocycles. The van der Waals surface area contributed by atoms with Crippen LogP contribution in [0.25, 0.3) is 6.08 Å². The first kappa shape index (κ1) is 24.1. The average Bonchev–Trinajstić information content (AvgIpc) is 2.78. The van der Waals surface area contributed by atoms with Crippen LogP contribution >= 0.6 is 28.1 Å². The van der Waals surface area contributed by atoms with Crippen molar-refractivity contribution in [1.29, 1.82) is 0 Å². The number of ether oxygens (including phenoxy) is 2. The summed E-state index contributed by atoms with van der Waals surface area (Å²) in [6.07, 6.45) is 2.93. The van der Waals surface area contributed by atoms with Crippen LogP contribution in [0.3, 0.4) is 0 Å². The summed E-state index contributed by atoms with van der Waals surface area (Å²) in [4.78, 5) is 36.8. The second-order valence-electron chi connectivity index (χ2n) is 6.77. The van der Waals surface area contributed by atoms with Gasteiger partial charge in [-0.15, -0.1) is 6.58 Å². The number of nitrogens with zero attached hydrogens (tertiary/aromatic N) is 2. The van der Waals surface area contributed by atoms with E-state index < -0.39 is 16.7 Å². The van der Waals surface area contributed by atoms with Crippen LogP contribution in [0.5, 0.6) is 11.5 Å². The molecule has 1 aliphatic heterocycles. The van der Waals surface area contributed by atoms with Gasteiger partial charge in [0.2, 0.25) is 0 Å². The minimum atomic E-state index is -0.605. The van der Waals surface area contributed by atoms with Gasteiger partial charge in [0.15, 0.2) is 16.6 Å². The first-order valence-electron chi connectivity index (χ1n) is 9.48. The summed E-state index contributed by atoms with van der Waals surface area (Å²) < 4.78 is 11.7. The topological polar surface area (TPSA) is 111 Å². The number of carbonyl (C=O) groups excluding carboxylic acids is 2. The summed E-state index contributed by atoms with van der Waals surface area (Å²) >= 11 is 8.47. The molecule has 0 bridgehead atoms. The van der Waals surface area contributed by atoms with Crippen molar-refractivity contribution in [3.8, 4) is 11.5 Å². The highest BCUT2D eigenvalue weighted by Crippen LogP contribution is 2.38. The van der Waals surface area contributed by atoms with Gasteiger partial charge in [-0.1, -0.05) is 18.2 Å². The molecule has 9 nitrogen and oxygen atoms in total. The monoisotopic (exact) mass is 531 g/mol. The van der Waals surface area contributed by atoms with Gasteiger partial charge in [-0.2, -0.15) is 0 Å². The number of hydrogen-bond donors (Lipinski definition) is 1. The van der Waals surface area contributed by atoms with E-state index in [1.807, 2.05) is 0 Å². The second kappa shape index (κ2) is 10.4. The minimum Gasteiger partial charge on any atom is -0.493 e. The lowest BCUT2D eigenvalue weighted by Crippen LogP contribution is -2.53. The van der Waals surface area contributed by atoms with Crippen LogP contribution in [0.1, 0.15) is 11.1 Å². The number of rotatable bonds is 8. The smallest absolute Gasteiger partial charge is 0.269 e. The molecule has 0 spiro atoms. The molecule has 3 rings (SSSR count). The van der Waals surface area contributed by atoms with Crippen molar-refractivity contribution in [3.05, 3.63) is 80.3 Å². The van der Waals surface area contributed by atoms with Crippen LogP contribution in [0.15, 0.2) is 59.1 Å². The molecule has 1 N–H and O–H groups in total. The SMILES string of the molecule is C=CCN1C(=O)/C(=C/c2cc(Br)c(OCc3cccc([N+](=O)[O-])c3)c(OC)c2)C(=O)NC1=S. The van der Waals surface area contributed by atoms with Gasteiger partial charge in [-0.25, -0.2) is 0 Å². The number of carbonyl (C=O) groups is 2. The van der Waals surface area contributed by atoms with E-state index in [1.54, 1.807) is 24.3 Å². The van der Waals surface area contributed by atoms with Crippen LogP contribution in [-0.2, 0) is 16.2 Å². The quantitative estimate of drug-likeness (QED) is 0.138. The predicted molar refractivity (Wildman–Crippen MR) is 129 cm³/mol. The van der Waals surface area contributed by atoms with Crippen LogP contribution < -0.4 is 14.8 Å². The molecule has 2 aromatic carbocycles. The zero-order chi connectivity index (χ0) is 24.1. The first-order chi connectivity index (χ1) is 15.7. The molecule has 33 heavy (non-hydrogen) atoms. The fraction of sp³-hybridized carbons (Fsp3) is 0.136. The van der Waals surface area contributed by atoms with Gasteiger partial charge < -0.3 is 9.47 Å². The van der Waals surface area contributed by atoms with E-state index in [0.717, 1.165) is 0 Å². The summed E-state index contributed by atoms with van der Waals surface area (Å²) in [5.74, 6) is -0.444. The molecule has 170 valence electrons. The molecule has 1 fully saturated rings. The Morgan fingerprint density at radius 3 is 2.73 bits per heavy atom. The lowest BCUT2D eigenvalue weighted by atomic mass is 10.1. The number of amides is 2. The average molecular weight is 532 g/mol. The molecule has 0 unspecified atom stereocenters. The van der Waals surface area contributed by atoms with Crippen molar-refractivity contribution < 1.29 is 24.0 Å². The number of benzene rings is 2. The van der Waals surface area contributed by atoms with Gasteiger partial charge in [0.05, 0.1) is 16.5 Å². The van der Waals surface area contributed by atoms with Gasteiger partial charge >= 0.3 is 0 Å². The van der Waals surface area contributed by atoms with Gasteiger partial charge in [0.25, 0.3) is 17.5 Å². The maximum absolute atomic E-state index is 12.7. The number of nitro benzene ring substituents is 1. The predicted octanol–water partition coefficient (Wildman–Crippen LogP) is 3.76. The number of nitrogens with one attached hydrogen (secondary N) is 1. The molecule has 2 aromatic rings. The Hall–Kier alpha value is -3.57. The number of halogens is 1. The lowest BCUT2D eigenvalue weighted by molar-refractivity contribution is -0.384. The van der Waals surface area contributed by atoms with E-state index in [0.29, 0.717) is 27.1 Å². The van der Waals surface area contributed by atoms with Gasteiger partial charge in [-0.05, 0) is 57.5 Å². The van der Waals surface area contributed by atoms with E-state index in [2.05, 4.69) is 27.8 Å². The summed E-state index contributed by atoms with van der Waals surface area (Å²) in [5, 5.41) is 13.5. The Labute approximate surface area is 202 Å². The normalized spacial score (nSPS) is 14.8. The number of thiocarbonyl (C=S) groups is 1. The molecule has 11 heteroatoms. The molecule has 0 radical (unpaired) electrons. The van der Waals surface area contributed by atoms with Gasteiger partial charge in [0, 0.05) is 18.7 Å². The number of methoxy groups -OCH3 is 1. The Morgan fingerprint density at radius 1 is 1.30 bits per heavy atom. The Kier molecular flexibility index (Phi) is 7.56. The van der Waals surface area contributed by atoms with Crippen molar-refractivity contribution in [2.24, 2.45) is 0 Å². The molecule has 1 saturated heterocycles. The minimum absolute atomic E-state index is 0.0192. The molecule has 0 aromatic heterocycles.